The maximum absolute atomic E-state index is 5.73. The Morgan fingerprint density at radius 1 is 1.14 bits per heavy atom. The molecule has 1 fully saturated rings. The first kappa shape index (κ1) is 15.2. The zero-order chi connectivity index (χ0) is 14.7. The van der Waals surface area contributed by atoms with Crippen molar-refractivity contribution in [1.29, 1.82) is 0 Å². The van der Waals surface area contributed by atoms with Crippen LogP contribution in [0.25, 0.3) is 0 Å². The van der Waals surface area contributed by atoms with Crippen LogP contribution in [-0.2, 0) is 0 Å². The average molecular weight is 354 g/mol. The quantitative estimate of drug-likeness (QED) is 0.867. The van der Waals surface area contributed by atoms with Crippen LogP contribution in [0.5, 0.6) is 11.5 Å². The van der Waals surface area contributed by atoms with E-state index < -0.39 is 0 Å². The Hall–Kier alpha value is -0.740. The van der Waals surface area contributed by atoms with Crippen molar-refractivity contribution in [3.8, 4) is 11.5 Å². The van der Waals surface area contributed by atoms with Gasteiger partial charge < -0.3 is 14.8 Å². The summed E-state index contributed by atoms with van der Waals surface area (Å²) in [7, 11) is 2.05. The number of ether oxygens (including phenoxy) is 2. The van der Waals surface area contributed by atoms with Crippen LogP contribution in [0, 0.1) is 5.92 Å². The van der Waals surface area contributed by atoms with E-state index in [1.807, 2.05) is 0 Å². The Kier molecular flexibility index (Phi) is 5.07. The highest BCUT2D eigenvalue weighted by atomic mass is 79.9. The lowest BCUT2D eigenvalue weighted by Gasteiger charge is -2.28. The van der Waals surface area contributed by atoms with Gasteiger partial charge in [-0.25, -0.2) is 0 Å². The van der Waals surface area contributed by atoms with E-state index in [2.05, 4.69) is 40.4 Å². The van der Waals surface area contributed by atoms with Crippen LogP contribution in [0.1, 0.15) is 50.1 Å². The molecule has 4 heteroatoms. The van der Waals surface area contributed by atoms with Gasteiger partial charge in [-0.15, -0.1) is 0 Å². The van der Waals surface area contributed by atoms with Crippen molar-refractivity contribution in [2.45, 2.75) is 44.6 Å². The second-order valence-electron chi connectivity index (χ2n) is 6.10. The number of hydrogen-bond acceptors (Lipinski definition) is 3. The number of halogens is 1. The molecule has 21 heavy (non-hydrogen) atoms. The molecule has 1 aromatic carbocycles. The normalized spacial score (nSPS) is 20.3. The smallest absolute Gasteiger partial charge is 0.162 e. The zero-order valence-electron chi connectivity index (χ0n) is 12.7. The molecule has 1 N–H and O–H groups in total. The van der Waals surface area contributed by atoms with Gasteiger partial charge >= 0.3 is 0 Å². The first-order valence-electron chi connectivity index (χ1n) is 8.04. The lowest BCUT2D eigenvalue weighted by Crippen LogP contribution is -2.22. The molecule has 1 atom stereocenters. The van der Waals surface area contributed by atoms with E-state index in [4.69, 9.17) is 9.47 Å². The SMILES string of the molecule is CNC(CC1CCCCC1)c1cc2c(cc1Br)OCCO2. The predicted octanol–water partition coefficient (Wildman–Crippen LogP) is 4.45. The second kappa shape index (κ2) is 7.01. The minimum Gasteiger partial charge on any atom is -0.486 e. The molecule has 116 valence electrons. The molecule has 3 nitrogen and oxygen atoms in total. The molecule has 3 rings (SSSR count). The summed E-state index contributed by atoms with van der Waals surface area (Å²) < 4.78 is 12.5. The molecular formula is C17H24BrNO2. The summed E-state index contributed by atoms with van der Waals surface area (Å²) in [6.45, 7) is 1.28. The fraction of sp³-hybridized carbons (Fsp3) is 0.647. The standard InChI is InChI=1S/C17H24BrNO2/c1-19-15(9-12-5-3-2-4-6-12)13-10-16-17(11-14(13)18)21-8-7-20-16/h10-12,15,19H,2-9H2,1H3. The minimum atomic E-state index is 0.373. The van der Waals surface area contributed by atoms with Gasteiger partial charge in [-0.2, -0.15) is 0 Å². The lowest BCUT2D eigenvalue weighted by molar-refractivity contribution is 0.171. The van der Waals surface area contributed by atoms with Crippen LogP contribution >= 0.6 is 15.9 Å². The Labute approximate surface area is 135 Å². The van der Waals surface area contributed by atoms with Crippen molar-refractivity contribution in [3.63, 3.8) is 0 Å². The molecule has 0 aromatic heterocycles. The van der Waals surface area contributed by atoms with E-state index in [9.17, 15) is 0 Å². The van der Waals surface area contributed by atoms with Crippen LogP contribution in [0.3, 0.4) is 0 Å². The van der Waals surface area contributed by atoms with Gasteiger partial charge in [0, 0.05) is 10.5 Å². The Balaban J connectivity index is 1.79. The average Bonchev–Trinajstić information content (AvgIpc) is 2.53. The summed E-state index contributed by atoms with van der Waals surface area (Å²) in [6.07, 6.45) is 8.15. The number of benzene rings is 1. The van der Waals surface area contributed by atoms with E-state index in [1.54, 1.807) is 0 Å². The van der Waals surface area contributed by atoms with E-state index in [0.717, 1.165) is 21.9 Å². The fourth-order valence-corrected chi connectivity index (χ4v) is 4.10. The van der Waals surface area contributed by atoms with Gasteiger partial charge in [-0.05, 0) is 37.1 Å². The lowest BCUT2D eigenvalue weighted by atomic mass is 9.83. The number of nitrogens with one attached hydrogen (secondary N) is 1. The monoisotopic (exact) mass is 353 g/mol. The molecule has 1 aliphatic carbocycles. The van der Waals surface area contributed by atoms with Gasteiger partial charge in [-0.3, -0.25) is 0 Å². The highest BCUT2D eigenvalue weighted by molar-refractivity contribution is 9.10. The predicted molar refractivity (Wildman–Crippen MR) is 88.1 cm³/mol. The van der Waals surface area contributed by atoms with Crippen LogP contribution < -0.4 is 14.8 Å². The highest BCUT2D eigenvalue weighted by Gasteiger charge is 2.23. The van der Waals surface area contributed by atoms with E-state index in [0.29, 0.717) is 19.3 Å². The van der Waals surface area contributed by atoms with Gasteiger partial charge in [-0.1, -0.05) is 48.0 Å². The van der Waals surface area contributed by atoms with E-state index in [-0.39, 0.29) is 0 Å². The zero-order valence-corrected chi connectivity index (χ0v) is 14.2. The number of rotatable bonds is 4. The van der Waals surface area contributed by atoms with Crippen molar-refractivity contribution in [2.24, 2.45) is 5.92 Å². The molecule has 1 aromatic rings. The van der Waals surface area contributed by atoms with Crippen molar-refractivity contribution in [1.82, 2.24) is 5.32 Å². The number of hydrogen-bond donors (Lipinski definition) is 1. The van der Waals surface area contributed by atoms with Crippen molar-refractivity contribution < 1.29 is 9.47 Å². The van der Waals surface area contributed by atoms with Crippen molar-refractivity contribution in [2.75, 3.05) is 20.3 Å². The van der Waals surface area contributed by atoms with Gasteiger partial charge in [0.2, 0.25) is 0 Å². The molecule has 1 heterocycles. The summed E-state index contributed by atoms with van der Waals surface area (Å²) in [5, 5.41) is 3.49. The van der Waals surface area contributed by atoms with Gasteiger partial charge in [0.1, 0.15) is 13.2 Å². The minimum absolute atomic E-state index is 0.373. The summed E-state index contributed by atoms with van der Waals surface area (Å²) in [6, 6.07) is 4.57. The second-order valence-corrected chi connectivity index (χ2v) is 6.95. The van der Waals surface area contributed by atoms with Crippen LogP contribution in [0.2, 0.25) is 0 Å². The third kappa shape index (κ3) is 3.54. The molecule has 0 bridgehead atoms. The maximum Gasteiger partial charge on any atom is 0.162 e. The van der Waals surface area contributed by atoms with Crippen LogP contribution in [0.4, 0.5) is 0 Å². The third-order valence-electron chi connectivity index (χ3n) is 4.68. The Bertz CT molecular complexity index is 486. The molecule has 0 radical (unpaired) electrons. The maximum atomic E-state index is 5.73. The topological polar surface area (TPSA) is 30.5 Å². The van der Waals surface area contributed by atoms with Gasteiger partial charge in [0.25, 0.3) is 0 Å². The molecule has 2 aliphatic rings. The molecule has 1 aliphatic heterocycles. The summed E-state index contributed by atoms with van der Waals surface area (Å²) in [5.74, 6) is 2.57. The molecule has 0 saturated heterocycles. The molecule has 1 unspecified atom stereocenters. The molecule has 0 spiro atoms. The largest absolute Gasteiger partial charge is 0.486 e. The summed E-state index contributed by atoms with van der Waals surface area (Å²) in [5.41, 5.74) is 1.28. The number of fused-ring (bicyclic) bond motifs is 1. The molecule has 0 amide bonds. The third-order valence-corrected chi connectivity index (χ3v) is 5.37. The van der Waals surface area contributed by atoms with E-state index in [1.165, 1.54) is 44.1 Å². The molecular weight excluding hydrogens is 330 g/mol. The summed E-state index contributed by atoms with van der Waals surface area (Å²) >= 11 is 3.71. The van der Waals surface area contributed by atoms with Crippen molar-refractivity contribution >= 4 is 15.9 Å². The fourth-order valence-electron chi connectivity index (χ4n) is 3.50. The van der Waals surface area contributed by atoms with E-state index >= 15 is 0 Å². The summed E-state index contributed by atoms with van der Waals surface area (Å²) in [4.78, 5) is 0. The molecule has 1 saturated carbocycles. The first-order chi connectivity index (χ1) is 10.3. The Morgan fingerprint density at radius 3 is 2.48 bits per heavy atom. The van der Waals surface area contributed by atoms with Gasteiger partial charge in [0.05, 0.1) is 0 Å². The highest BCUT2D eigenvalue weighted by Crippen LogP contribution is 2.40. The van der Waals surface area contributed by atoms with Crippen LogP contribution in [-0.4, -0.2) is 20.3 Å². The van der Waals surface area contributed by atoms with Gasteiger partial charge in [0.15, 0.2) is 11.5 Å². The van der Waals surface area contributed by atoms with Crippen LogP contribution in [0.15, 0.2) is 16.6 Å². The Morgan fingerprint density at radius 2 is 1.81 bits per heavy atom. The first-order valence-corrected chi connectivity index (χ1v) is 8.83. The van der Waals surface area contributed by atoms with Crippen molar-refractivity contribution in [3.05, 3.63) is 22.2 Å².